The van der Waals surface area contributed by atoms with Gasteiger partial charge in [-0.3, -0.25) is 4.79 Å². The molecular weight excluding hydrogens is 304 g/mol. The summed E-state index contributed by atoms with van der Waals surface area (Å²) >= 11 is 0. The molecule has 0 saturated heterocycles. The first-order valence-electron chi connectivity index (χ1n) is 7.56. The summed E-state index contributed by atoms with van der Waals surface area (Å²) < 4.78 is 10.5. The van der Waals surface area contributed by atoms with E-state index >= 15 is 0 Å². The van der Waals surface area contributed by atoms with Crippen molar-refractivity contribution >= 4 is 11.6 Å². The second-order valence-electron chi connectivity index (χ2n) is 5.34. The summed E-state index contributed by atoms with van der Waals surface area (Å²) in [4.78, 5) is 14.0. The SMILES string of the molecule is COc1cc(CCC(=O)N(C)c2cccc(C#N)c2)cc(OC)c1. The van der Waals surface area contributed by atoms with Crippen molar-refractivity contribution in [1.29, 1.82) is 5.26 Å². The fourth-order valence-electron chi connectivity index (χ4n) is 2.36. The molecule has 0 N–H and O–H groups in total. The van der Waals surface area contributed by atoms with Gasteiger partial charge in [-0.2, -0.15) is 5.26 Å². The smallest absolute Gasteiger partial charge is 0.227 e. The fourth-order valence-corrected chi connectivity index (χ4v) is 2.36. The quantitative estimate of drug-likeness (QED) is 0.819. The van der Waals surface area contributed by atoms with E-state index < -0.39 is 0 Å². The van der Waals surface area contributed by atoms with Gasteiger partial charge >= 0.3 is 0 Å². The van der Waals surface area contributed by atoms with Gasteiger partial charge in [0.1, 0.15) is 11.5 Å². The summed E-state index contributed by atoms with van der Waals surface area (Å²) in [6.45, 7) is 0. The molecule has 0 aliphatic heterocycles. The summed E-state index contributed by atoms with van der Waals surface area (Å²) in [5.74, 6) is 1.38. The number of anilines is 1. The van der Waals surface area contributed by atoms with E-state index in [0.29, 0.717) is 35.6 Å². The molecule has 0 unspecified atom stereocenters. The highest BCUT2D eigenvalue weighted by atomic mass is 16.5. The van der Waals surface area contributed by atoms with Crippen LogP contribution in [0.1, 0.15) is 17.5 Å². The Balaban J connectivity index is 2.06. The van der Waals surface area contributed by atoms with Crippen molar-refractivity contribution in [2.75, 3.05) is 26.2 Å². The number of nitrogens with zero attached hydrogens (tertiary/aromatic N) is 2. The maximum absolute atomic E-state index is 12.4. The minimum atomic E-state index is -0.0214. The van der Waals surface area contributed by atoms with Crippen molar-refractivity contribution in [3.63, 3.8) is 0 Å². The zero-order valence-corrected chi connectivity index (χ0v) is 14.1. The molecule has 0 bridgehead atoms. The molecule has 0 heterocycles. The highest BCUT2D eigenvalue weighted by Crippen LogP contribution is 2.24. The predicted molar refractivity (Wildman–Crippen MR) is 92.4 cm³/mol. The molecule has 0 radical (unpaired) electrons. The molecule has 2 aromatic rings. The number of carbonyl (C=O) groups is 1. The van der Waals surface area contributed by atoms with Gasteiger partial charge < -0.3 is 14.4 Å². The maximum atomic E-state index is 12.4. The highest BCUT2D eigenvalue weighted by Gasteiger charge is 2.12. The molecule has 0 aromatic heterocycles. The molecule has 2 rings (SSSR count). The third-order valence-corrected chi connectivity index (χ3v) is 3.78. The standard InChI is InChI=1S/C19H20N2O3/c1-21(16-6-4-5-15(9-16)13-20)19(22)8-7-14-10-17(23-2)12-18(11-14)24-3/h4-6,9-12H,7-8H2,1-3H3. The Hall–Kier alpha value is -3.00. The predicted octanol–water partition coefficient (Wildman–Crippen LogP) is 3.17. The zero-order chi connectivity index (χ0) is 17.5. The van der Waals surface area contributed by atoms with E-state index in [1.165, 1.54) is 0 Å². The van der Waals surface area contributed by atoms with E-state index in [4.69, 9.17) is 14.7 Å². The summed E-state index contributed by atoms with van der Waals surface area (Å²) in [7, 11) is 4.91. The van der Waals surface area contributed by atoms with Gasteiger partial charge in [0.05, 0.1) is 25.9 Å². The Morgan fingerprint density at radius 2 is 1.79 bits per heavy atom. The summed E-state index contributed by atoms with van der Waals surface area (Å²) in [6.07, 6.45) is 0.929. The van der Waals surface area contributed by atoms with Gasteiger partial charge in [0.25, 0.3) is 0 Å². The number of amides is 1. The zero-order valence-electron chi connectivity index (χ0n) is 14.1. The van der Waals surface area contributed by atoms with Gasteiger partial charge in [-0.25, -0.2) is 0 Å². The molecule has 2 aromatic carbocycles. The van der Waals surface area contributed by atoms with E-state index in [1.54, 1.807) is 50.4 Å². The third kappa shape index (κ3) is 4.26. The van der Waals surface area contributed by atoms with Crippen LogP contribution in [0.25, 0.3) is 0 Å². The van der Waals surface area contributed by atoms with Gasteiger partial charge in [-0.15, -0.1) is 0 Å². The van der Waals surface area contributed by atoms with Gasteiger partial charge in [0.2, 0.25) is 5.91 Å². The lowest BCUT2D eigenvalue weighted by atomic mass is 10.1. The van der Waals surface area contributed by atoms with E-state index in [9.17, 15) is 4.79 Å². The van der Waals surface area contributed by atoms with Crippen LogP contribution in [0.3, 0.4) is 0 Å². The number of hydrogen-bond acceptors (Lipinski definition) is 4. The molecule has 1 amide bonds. The number of ether oxygens (including phenoxy) is 2. The van der Waals surface area contributed by atoms with Crippen LogP contribution in [0.2, 0.25) is 0 Å². The maximum Gasteiger partial charge on any atom is 0.227 e. The average molecular weight is 324 g/mol. The van der Waals surface area contributed by atoms with Crippen molar-refractivity contribution in [2.45, 2.75) is 12.8 Å². The van der Waals surface area contributed by atoms with E-state index in [-0.39, 0.29) is 5.91 Å². The number of rotatable bonds is 6. The molecule has 124 valence electrons. The molecule has 24 heavy (non-hydrogen) atoms. The lowest BCUT2D eigenvalue weighted by Crippen LogP contribution is -2.26. The molecule has 0 atom stereocenters. The van der Waals surface area contributed by atoms with Crippen LogP contribution in [-0.4, -0.2) is 27.2 Å². The van der Waals surface area contributed by atoms with Crippen LogP contribution in [0.15, 0.2) is 42.5 Å². The van der Waals surface area contributed by atoms with Crippen LogP contribution in [0, 0.1) is 11.3 Å². The van der Waals surface area contributed by atoms with Gasteiger partial charge in [-0.05, 0) is 42.3 Å². The first-order valence-corrected chi connectivity index (χ1v) is 7.56. The highest BCUT2D eigenvalue weighted by molar-refractivity contribution is 5.93. The Morgan fingerprint density at radius 1 is 1.12 bits per heavy atom. The first-order chi connectivity index (χ1) is 11.6. The van der Waals surface area contributed by atoms with Crippen LogP contribution in [-0.2, 0) is 11.2 Å². The van der Waals surface area contributed by atoms with E-state index in [0.717, 1.165) is 5.56 Å². The number of carbonyl (C=O) groups excluding carboxylic acids is 1. The third-order valence-electron chi connectivity index (χ3n) is 3.78. The minimum Gasteiger partial charge on any atom is -0.497 e. The Morgan fingerprint density at radius 3 is 2.38 bits per heavy atom. The van der Waals surface area contributed by atoms with Crippen molar-refractivity contribution < 1.29 is 14.3 Å². The lowest BCUT2D eigenvalue weighted by Gasteiger charge is -2.17. The molecule has 0 fully saturated rings. The Bertz CT molecular complexity index is 743. The molecular formula is C19H20N2O3. The van der Waals surface area contributed by atoms with Crippen molar-refractivity contribution in [3.8, 4) is 17.6 Å². The molecule has 0 aliphatic carbocycles. The number of hydrogen-bond donors (Lipinski definition) is 0. The second kappa shape index (κ2) is 8.02. The van der Waals surface area contributed by atoms with Gasteiger partial charge in [0, 0.05) is 25.2 Å². The number of benzene rings is 2. The molecule has 5 nitrogen and oxygen atoms in total. The van der Waals surface area contributed by atoms with Crippen molar-refractivity contribution in [3.05, 3.63) is 53.6 Å². The lowest BCUT2D eigenvalue weighted by molar-refractivity contribution is -0.118. The number of methoxy groups -OCH3 is 2. The molecule has 0 saturated carbocycles. The number of nitriles is 1. The van der Waals surface area contributed by atoms with Crippen LogP contribution < -0.4 is 14.4 Å². The van der Waals surface area contributed by atoms with Gasteiger partial charge in [0.15, 0.2) is 0 Å². The van der Waals surface area contributed by atoms with Crippen LogP contribution in [0.4, 0.5) is 5.69 Å². The van der Waals surface area contributed by atoms with E-state index in [2.05, 4.69) is 6.07 Å². The first kappa shape index (κ1) is 17.4. The normalized spacial score (nSPS) is 9.92. The average Bonchev–Trinajstić information content (AvgIpc) is 2.64. The minimum absolute atomic E-state index is 0.0214. The van der Waals surface area contributed by atoms with E-state index in [1.807, 2.05) is 18.2 Å². The Kier molecular flexibility index (Phi) is 5.80. The fraction of sp³-hybridized carbons (Fsp3) is 0.263. The van der Waals surface area contributed by atoms with Crippen LogP contribution in [0.5, 0.6) is 11.5 Å². The summed E-state index contributed by atoms with van der Waals surface area (Å²) in [5.41, 5.74) is 2.21. The summed E-state index contributed by atoms with van der Waals surface area (Å²) in [5, 5.41) is 8.96. The molecule has 0 aliphatic rings. The van der Waals surface area contributed by atoms with Crippen LogP contribution >= 0.6 is 0 Å². The summed E-state index contributed by atoms with van der Waals surface area (Å²) in [6, 6.07) is 14.7. The topological polar surface area (TPSA) is 62.6 Å². The second-order valence-corrected chi connectivity index (χ2v) is 5.34. The van der Waals surface area contributed by atoms with Crippen molar-refractivity contribution in [2.24, 2.45) is 0 Å². The number of aryl methyl sites for hydroxylation is 1. The monoisotopic (exact) mass is 324 g/mol. The Labute approximate surface area is 142 Å². The van der Waals surface area contributed by atoms with Gasteiger partial charge in [-0.1, -0.05) is 6.07 Å². The molecule has 0 spiro atoms. The molecule has 5 heteroatoms. The van der Waals surface area contributed by atoms with Crippen molar-refractivity contribution in [1.82, 2.24) is 0 Å². The largest absolute Gasteiger partial charge is 0.497 e.